The Kier molecular flexibility index (Phi) is 6.44. The molecule has 0 aromatic heterocycles. The number of aryl methyl sites for hydroxylation is 4. The van der Waals surface area contributed by atoms with E-state index in [1.807, 2.05) is 0 Å². The third kappa shape index (κ3) is 4.52. The fourth-order valence-electron chi connectivity index (χ4n) is 4.29. The third-order valence-electron chi connectivity index (χ3n) is 6.16. The summed E-state index contributed by atoms with van der Waals surface area (Å²) in [5, 5.41) is 0. The topological polar surface area (TPSA) is 9.23 Å². The van der Waals surface area contributed by atoms with Crippen molar-refractivity contribution >= 4 is 35.7 Å². The summed E-state index contributed by atoms with van der Waals surface area (Å²) in [7, 11) is 0. The molecule has 0 atom stereocenters. The Morgan fingerprint density at radius 1 is 0.387 bits per heavy atom. The standard InChI is InChI=1S/C28H28B2O/c1-21-13-5-9-17-25(21)29(26-18-10-6-14-22(26)2)31-30(27-19-11-7-15-23(27)3)28-20-12-8-16-24(28)4/h5-20H,1-4H3. The summed E-state index contributed by atoms with van der Waals surface area (Å²) in [5.74, 6) is 0. The van der Waals surface area contributed by atoms with Crippen LogP contribution in [0, 0.1) is 27.7 Å². The van der Waals surface area contributed by atoms with E-state index >= 15 is 0 Å². The molecule has 31 heavy (non-hydrogen) atoms. The molecule has 4 rings (SSSR count). The molecule has 0 N–H and O–H groups in total. The lowest BCUT2D eigenvalue weighted by Gasteiger charge is -2.26. The Morgan fingerprint density at radius 2 is 0.613 bits per heavy atom. The zero-order chi connectivity index (χ0) is 21.8. The average molecular weight is 402 g/mol. The lowest BCUT2D eigenvalue weighted by atomic mass is 9.45. The lowest BCUT2D eigenvalue weighted by Crippen LogP contribution is -2.57. The molecule has 0 radical (unpaired) electrons. The summed E-state index contributed by atoms with van der Waals surface area (Å²) >= 11 is 0. The SMILES string of the molecule is Cc1ccccc1B(OB(c1ccccc1C)c1ccccc1C)c1ccccc1C. The molecule has 0 saturated carbocycles. The summed E-state index contributed by atoms with van der Waals surface area (Å²) in [6, 6.07) is 34.2. The predicted octanol–water partition coefficient (Wildman–Crippen LogP) is 3.85. The Labute approximate surface area is 187 Å². The second-order valence-corrected chi connectivity index (χ2v) is 8.32. The van der Waals surface area contributed by atoms with Crippen LogP contribution in [0.15, 0.2) is 97.1 Å². The molecule has 0 spiro atoms. The van der Waals surface area contributed by atoms with Crippen LogP contribution in [0.2, 0.25) is 0 Å². The van der Waals surface area contributed by atoms with Crippen LogP contribution in [-0.4, -0.2) is 13.8 Å². The molecule has 4 aromatic carbocycles. The fraction of sp³-hybridized carbons (Fsp3) is 0.143. The smallest absolute Gasteiger partial charge is 0.347 e. The van der Waals surface area contributed by atoms with Crippen LogP contribution in [0.25, 0.3) is 0 Å². The van der Waals surface area contributed by atoms with Crippen LogP contribution in [0.5, 0.6) is 0 Å². The van der Waals surface area contributed by atoms with E-state index in [0.717, 1.165) is 0 Å². The van der Waals surface area contributed by atoms with Gasteiger partial charge in [0.25, 0.3) is 0 Å². The van der Waals surface area contributed by atoms with Crippen molar-refractivity contribution < 1.29 is 4.57 Å². The van der Waals surface area contributed by atoms with E-state index in [2.05, 4.69) is 125 Å². The van der Waals surface area contributed by atoms with Crippen molar-refractivity contribution in [2.75, 3.05) is 0 Å². The summed E-state index contributed by atoms with van der Waals surface area (Å²) < 4.78 is 7.12. The molecule has 3 heteroatoms. The van der Waals surface area contributed by atoms with Crippen LogP contribution < -0.4 is 21.9 Å². The van der Waals surface area contributed by atoms with Crippen LogP contribution in [0.3, 0.4) is 0 Å². The first-order chi connectivity index (χ1) is 15.1. The van der Waals surface area contributed by atoms with E-state index in [0.29, 0.717) is 0 Å². The first-order valence-electron chi connectivity index (χ1n) is 10.9. The van der Waals surface area contributed by atoms with Gasteiger partial charge in [0.1, 0.15) is 0 Å². The Balaban J connectivity index is 1.89. The van der Waals surface area contributed by atoms with Gasteiger partial charge >= 0.3 is 13.8 Å². The minimum absolute atomic E-state index is 0.161. The average Bonchev–Trinajstić information content (AvgIpc) is 2.78. The molecule has 0 bridgehead atoms. The molecule has 0 fully saturated rings. The first-order valence-corrected chi connectivity index (χ1v) is 10.9. The summed E-state index contributed by atoms with van der Waals surface area (Å²) in [6.45, 7) is 8.35. The first kappa shape index (κ1) is 21.2. The highest BCUT2D eigenvalue weighted by atomic mass is 16.4. The second-order valence-electron chi connectivity index (χ2n) is 8.32. The lowest BCUT2D eigenvalue weighted by molar-refractivity contribution is 0.632. The van der Waals surface area contributed by atoms with E-state index < -0.39 is 0 Å². The van der Waals surface area contributed by atoms with Gasteiger partial charge < -0.3 is 4.57 Å². The van der Waals surface area contributed by atoms with Crippen LogP contribution in [-0.2, 0) is 4.57 Å². The molecule has 152 valence electrons. The fourth-order valence-corrected chi connectivity index (χ4v) is 4.29. The highest BCUT2D eigenvalue weighted by Crippen LogP contribution is 2.08. The zero-order valence-corrected chi connectivity index (χ0v) is 18.8. The largest absolute Gasteiger partial charge is 0.484 e. The predicted molar refractivity (Wildman–Crippen MR) is 136 cm³/mol. The van der Waals surface area contributed by atoms with Crippen molar-refractivity contribution in [2.24, 2.45) is 0 Å². The van der Waals surface area contributed by atoms with Gasteiger partial charge in [-0.15, -0.1) is 0 Å². The van der Waals surface area contributed by atoms with E-state index in [4.69, 9.17) is 4.57 Å². The molecule has 0 amide bonds. The van der Waals surface area contributed by atoms with Gasteiger partial charge in [-0.1, -0.05) is 119 Å². The van der Waals surface area contributed by atoms with Gasteiger partial charge in [-0.3, -0.25) is 0 Å². The number of hydrogen-bond donors (Lipinski definition) is 0. The Bertz CT molecular complexity index is 1000. The molecule has 1 nitrogen and oxygen atoms in total. The molecule has 0 aliphatic heterocycles. The maximum Gasteiger partial charge on any atom is 0.347 e. The highest BCUT2D eigenvalue weighted by molar-refractivity contribution is 6.92. The minimum Gasteiger partial charge on any atom is -0.484 e. The maximum atomic E-state index is 7.12. The molecular formula is C28H28B2O. The Morgan fingerprint density at radius 3 is 0.839 bits per heavy atom. The quantitative estimate of drug-likeness (QED) is 0.446. The number of benzene rings is 4. The van der Waals surface area contributed by atoms with Crippen molar-refractivity contribution in [2.45, 2.75) is 27.7 Å². The maximum absolute atomic E-state index is 7.12. The van der Waals surface area contributed by atoms with Crippen LogP contribution in [0.4, 0.5) is 0 Å². The normalized spacial score (nSPS) is 10.7. The number of hydrogen-bond acceptors (Lipinski definition) is 1. The van der Waals surface area contributed by atoms with Gasteiger partial charge in [-0.05, 0) is 49.5 Å². The van der Waals surface area contributed by atoms with Crippen molar-refractivity contribution in [3.8, 4) is 0 Å². The summed E-state index contributed by atoms with van der Waals surface area (Å²) in [4.78, 5) is 0. The zero-order valence-electron chi connectivity index (χ0n) is 18.8. The molecule has 0 unspecified atom stereocenters. The molecule has 0 saturated heterocycles. The van der Waals surface area contributed by atoms with Crippen LogP contribution in [0.1, 0.15) is 22.3 Å². The molecule has 0 aliphatic rings. The van der Waals surface area contributed by atoms with E-state index in [1.165, 1.54) is 44.1 Å². The second kappa shape index (κ2) is 9.41. The summed E-state index contributed by atoms with van der Waals surface area (Å²) in [5.41, 5.74) is 9.81. The van der Waals surface area contributed by atoms with Gasteiger partial charge in [0.05, 0.1) is 0 Å². The molecular weight excluding hydrogens is 374 g/mol. The highest BCUT2D eigenvalue weighted by Gasteiger charge is 2.33. The van der Waals surface area contributed by atoms with Crippen molar-refractivity contribution in [3.63, 3.8) is 0 Å². The van der Waals surface area contributed by atoms with Crippen LogP contribution >= 0.6 is 0 Å². The van der Waals surface area contributed by atoms with Crippen molar-refractivity contribution in [1.29, 1.82) is 0 Å². The van der Waals surface area contributed by atoms with Crippen molar-refractivity contribution in [1.82, 2.24) is 0 Å². The summed E-state index contributed by atoms with van der Waals surface area (Å²) in [6.07, 6.45) is 0. The molecule has 0 heterocycles. The van der Waals surface area contributed by atoms with Gasteiger partial charge in [0.15, 0.2) is 0 Å². The number of rotatable bonds is 6. The monoisotopic (exact) mass is 402 g/mol. The van der Waals surface area contributed by atoms with Gasteiger partial charge in [-0.25, -0.2) is 0 Å². The molecule has 0 aliphatic carbocycles. The van der Waals surface area contributed by atoms with Gasteiger partial charge in [-0.2, -0.15) is 0 Å². The van der Waals surface area contributed by atoms with E-state index in [-0.39, 0.29) is 13.8 Å². The van der Waals surface area contributed by atoms with E-state index in [1.54, 1.807) is 0 Å². The van der Waals surface area contributed by atoms with Gasteiger partial charge in [0, 0.05) is 0 Å². The minimum atomic E-state index is -0.161. The Hall–Kier alpha value is -3.03. The molecule has 4 aromatic rings. The van der Waals surface area contributed by atoms with Gasteiger partial charge in [0.2, 0.25) is 0 Å². The van der Waals surface area contributed by atoms with E-state index in [9.17, 15) is 0 Å². The third-order valence-corrected chi connectivity index (χ3v) is 6.16. The van der Waals surface area contributed by atoms with Crippen molar-refractivity contribution in [3.05, 3.63) is 119 Å².